The van der Waals surface area contributed by atoms with Crippen LogP contribution in [0.5, 0.6) is 5.75 Å². The molecule has 3 aromatic rings. The lowest BCUT2D eigenvalue weighted by Gasteiger charge is -2.24. The molecule has 180 valence electrons. The third kappa shape index (κ3) is 6.88. The molecule has 0 aliphatic carbocycles. The molecule has 0 fully saturated rings. The molecule has 6 nitrogen and oxygen atoms in total. The highest BCUT2D eigenvalue weighted by atomic mass is 35.5. The van der Waals surface area contributed by atoms with Crippen LogP contribution in [0, 0.1) is 5.82 Å². The van der Waals surface area contributed by atoms with Gasteiger partial charge in [0, 0.05) is 23.1 Å². The first-order valence-electron chi connectivity index (χ1n) is 10.3. The van der Waals surface area contributed by atoms with E-state index in [-0.39, 0.29) is 10.6 Å². The summed E-state index contributed by atoms with van der Waals surface area (Å²) >= 11 is 7.75. The van der Waals surface area contributed by atoms with Gasteiger partial charge in [0.15, 0.2) is 0 Å². The van der Waals surface area contributed by atoms with Crippen molar-refractivity contribution in [1.82, 2.24) is 5.32 Å². The molecule has 3 aromatic carbocycles. The number of methoxy groups -OCH3 is 1. The van der Waals surface area contributed by atoms with E-state index in [1.165, 1.54) is 43.5 Å². The van der Waals surface area contributed by atoms with Gasteiger partial charge in [0.25, 0.3) is 10.0 Å². The number of thioether (sulfide) groups is 1. The molecule has 0 radical (unpaired) electrons. The summed E-state index contributed by atoms with van der Waals surface area (Å²) in [6.07, 6.45) is 0. The van der Waals surface area contributed by atoms with Crippen molar-refractivity contribution in [2.45, 2.75) is 10.6 Å². The highest BCUT2D eigenvalue weighted by Gasteiger charge is 2.27. The topological polar surface area (TPSA) is 75.7 Å². The summed E-state index contributed by atoms with van der Waals surface area (Å²) in [6.45, 7) is -0.0943. The summed E-state index contributed by atoms with van der Waals surface area (Å²) in [6, 6.07) is 18.3. The number of nitrogens with one attached hydrogen (secondary N) is 1. The van der Waals surface area contributed by atoms with Crippen LogP contribution < -0.4 is 14.4 Å². The number of sulfonamides is 1. The summed E-state index contributed by atoms with van der Waals surface area (Å²) < 4.78 is 46.1. The molecule has 3 rings (SSSR count). The van der Waals surface area contributed by atoms with Crippen LogP contribution in [0.3, 0.4) is 0 Å². The third-order valence-electron chi connectivity index (χ3n) is 4.83. The van der Waals surface area contributed by atoms with E-state index in [0.29, 0.717) is 28.8 Å². The van der Waals surface area contributed by atoms with Gasteiger partial charge < -0.3 is 10.1 Å². The lowest BCUT2D eigenvalue weighted by Crippen LogP contribution is -2.41. The molecule has 0 aromatic heterocycles. The van der Waals surface area contributed by atoms with Crippen LogP contribution >= 0.6 is 23.4 Å². The Kier molecular flexibility index (Phi) is 9.20. The van der Waals surface area contributed by atoms with E-state index >= 15 is 0 Å². The molecule has 0 saturated heterocycles. The van der Waals surface area contributed by atoms with Crippen molar-refractivity contribution in [3.05, 3.63) is 89.2 Å². The number of ether oxygens (including phenoxy) is 1. The van der Waals surface area contributed by atoms with Gasteiger partial charge in [-0.15, -0.1) is 0 Å². The van der Waals surface area contributed by atoms with E-state index in [0.717, 1.165) is 22.0 Å². The van der Waals surface area contributed by atoms with E-state index in [2.05, 4.69) is 5.32 Å². The van der Waals surface area contributed by atoms with Gasteiger partial charge in [0.1, 0.15) is 18.1 Å². The van der Waals surface area contributed by atoms with Crippen molar-refractivity contribution in [3.63, 3.8) is 0 Å². The number of hydrogen-bond acceptors (Lipinski definition) is 5. The Hall–Kier alpha value is -2.75. The molecule has 0 spiro atoms. The molecule has 1 amide bonds. The van der Waals surface area contributed by atoms with Gasteiger partial charge in [-0.2, -0.15) is 11.8 Å². The lowest BCUT2D eigenvalue weighted by molar-refractivity contribution is -0.119. The van der Waals surface area contributed by atoms with Crippen LogP contribution in [0.25, 0.3) is 0 Å². The van der Waals surface area contributed by atoms with Crippen LogP contribution in [0.15, 0.2) is 77.7 Å². The second-order valence-corrected chi connectivity index (χ2v) is 10.5. The minimum atomic E-state index is -4.09. The maximum absolute atomic E-state index is 13.4. The Morgan fingerprint density at radius 2 is 1.74 bits per heavy atom. The van der Waals surface area contributed by atoms with E-state index in [4.69, 9.17) is 16.3 Å². The molecule has 34 heavy (non-hydrogen) atoms. The Morgan fingerprint density at radius 1 is 1.06 bits per heavy atom. The van der Waals surface area contributed by atoms with E-state index < -0.39 is 28.3 Å². The lowest BCUT2D eigenvalue weighted by atomic mass is 10.2. The molecule has 1 N–H and O–H groups in total. The second kappa shape index (κ2) is 12.1. The first-order valence-corrected chi connectivity index (χ1v) is 13.3. The molecule has 0 aliphatic rings. The Bertz CT molecular complexity index is 1210. The number of rotatable bonds is 11. The number of halogens is 2. The van der Waals surface area contributed by atoms with Gasteiger partial charge in [-0.05, 0) is 60.2 Å². The highest BCUT2D eigenvalue weighted by Crippen LogP contribution is 2.25. The monoisotopic (exact) mass is 522 g/mol. The van der Waals surface area contributed by atoms with Gasteiger partial charge >= 0.3 is 0 Å². The number of nitrogens with zero attached hydrogens (tertiary/aromatic N) is 1. The van der Waals surface area contributed by atoms with Crippen molar-refractivity contribution >= 4 is 45.0 Å². The van der Waals surface area contributed by atoms with Gasteiger partial charge in [-0.3, -0.25) is 9.10 Å². The van der Waals surface area contributed by atoms with Crippen molar-refractivity contribution < 1.29 is 22.3 Å². The van der Waals surface area contributed by atoms with E-state index in [9.17, 15) is 17.6 Å². The van der Waals surface area contributed by atoms with E-state index in [1.807, 2.05) is 24.3 Å². The van der Waals surface area contributed by atoms with Crippen molar-refractivity contribution in [1.29, 1.82) is 0 Å². The maximum Gasteiger partial charge on any atom is 0.264 e. The Labute approximate surface area is 208 Å². The fourth-order valence-electron chi connectivity index (χ4n) is 3.04. The smallest absolute Gasteiger partial charge is 0.264 e. The van der Waals surface area contributed by atoms with Gasteiger partial charge in [0.05, 0.1) is 17.7 Å². The number of carbonyl (C=O) groups excluding carboxylic acids is 1. The molecule has 0 heterocycles. The van der Waals surface area contributed by atoms with Gasteiger partial charge in [-0.1, -0.05) is 29.8 Å². The molecule has 0 unspecified atom stereocenters. The minimum absolute atomic E-state index is 0.0132. The molecule has 0 atom stereocenters. The number of hydrogen-bond donors (Lipinski definition) is 1. The standard InChI is InChI=1S/C24H24ClFN2O4S2/c1-32-21-10-12-22(13-11-21)34(30,31)28(20-8-6-19(26)7-9-20)16-24(29)27-14-15-33-17-18-4-2-3-5-23(18)25/h2-13H,14-17H2,1H3,(H,27,29). The Morgan fingerprint density at radius 3 is 2.38 bits per heavy atom. The first-order chi connectivity index (χ1) is 16.3. The number of amides is 1. The molecule has 0 aliphatic heterocycles. The Balaban J connectivity index is 1.66. The summed E-state index contributed by atoms with van der Waals surface area (Å²) in [7, 11) is -2.61. The van der Waals surface area contributed by atoms with Crippen molar-refractivity contribution in [3.8, 4) is 5.75 Å². The maximum atomic E-state index is 13.4. The zero-order chi connectivity index (χ0) is 24.6. The summed E-state index contributed by atoms with van der Waals surface area (Å²) in [5, 5.41) is 3.44. The average molecular weight is 523 g/mol. The number of carbonyl (C=O) groups is 1. The zero-order valence-corrected chi connectivity index (χ0v) is 20.8. The van der Waals surface area contributed by atoms with Gasteiger partial charge in [0.2, 0.25) is 5.91 Å². The molecular formula is C24H24ClFN2O4S2. The fraction of sp³-hybridized carbons (Fsp3) is 0.208. The van der Waals surface area contributed by atoms with Gasteiger partial charge in [-0.25, -0.2) is 12.8 Å². The van der Waals surface area contributed by atoms with Crippen LogP contribution in [0.4, 0.5) is 10.1 Å². The largest absolute Gasteiger partial charge is 0.497 e. The van der Waals surface area contributed by atoms with Crippen molar-refractivity contribution in [2.75, 3.05) is 30.3 Å². The highest BCUT2D eigenvalue weighted by molar-refractivity contribution is 7.98. The quantitative estimate of drug-likeness (QED) is 0.368. The van der Waals surface area contributed by atoms with Crippen LogP contribution in [-0.2, 0) is 20.6 Å². The number of anilines is 1. The third-order valence-corrected chi connectivity index (χ3v) is 8.00. The van der Waals surface area contributed by atoms with Crippen molar-refractivity contribution in [2.24, 2.45) is 0 Å². The number of benzene rings is 3. The van der Waals surface area contributed by atoms with Crippen LogP contribution in [-0.4, -0.2) is 40.3 Å². The first kappa shape index (κ1) is 25.9. The summed E-state index contributed by atoms with van der Waals surface area (Å²) in [5.41, 5.74) is 1.19. The molecule has 10 heteroatoms. The molecule has 0 bridgehead atoms. The summed E-state index contributed by atoms with van der Waals surface area (Å²) in [5.74, 6) is 0.839. The normalized spacial score (nSPS) is 11.1. The molecular weight excluding hydrogens is 499 g/mol. The average Bonchev–Trinajstić information content (AvgIpc) is 2.84. The van der Waals surface area contributed by atoms with E-state index in [1.54, 1.807) is 11.8 Å². The minimum Gasteiger partial charge on any atom is -0.497 e. The fourth-order valence-corrected chi connectivity index (χ4v) is 5.61. The van der Waals surface area contributed by atoms with Crippen LogP contribution in [0.2, 0.25) is 5.02 Å². The zero-order valence-electron chi connectivity index (χ0n) is 18.4. The molecule has 0 saturated carbocycles. The van der Waals surface area contributed by atoms with Crippen LogP contribution in [0.1, 0.15) is 5.56 Å². The second-order valence-electron chi connectivity index (χ2n) is 7.16. The predicted molar refractivity (Wildman–Crippen MR) is 135 cm³/mol. The SMILES string of the molecule is COc1ccc(S(=O)(=O)N(CC(=O)NCCSCc2ccccc2Cl)c2ccc(F)cc2)cc1. The summed E-state index contributed by atoms with van der Waals surface area (Å²) in [4.78, 5) is 12.6. The predicted octanol–water partition coefficient (Wildman–Crippen LogP) is 4.73.